The molecule has 102 valence electrons. The lowest BCUT2D eigenvalue weighted by Crippen LogP contribution is -2.31. The van der Waals surface area contributed by atoms with Crippen LogP contribution >= 0.6 is 0 Å². The third kappa shape index (κ3) is 5.63. The lowest BCUT2D eigenvalue weighted by atomic mass is 9.97. The van der Waals surface area contributed by atoms with E-state index in [-0.39, 0.29) is 5.82 Å². The van der Waals surface area contributed by atoms with E-state index in [0.29, 0.717) is 12.0 Å². The molecule has 1 aromatic carbocycles. The largest absolute Gasteiger partial charge is 0.314 e. The van der Waals surface area contributed by atoms with E-state index < -0.39 is 0 Å². The highest BCUT2D eigenvalue weighted by Gasteiger charge is 2.11. The summed E-state index contributed by atoms with van der Waals surface area (Å²) in [7, 11) is 0. The molecule has 1 unspecified atom stereocenters. The fourth-order valence-electron chi connectivity index (χ4n) is 2.25. The van der Waals surface area contributed by atoms with Gasteiger partial charge in [-0.25, -0.2) is 4.39 Å². The van der Waals surface area contributed by atoms with Crippen molar-refractivity contribution < 1.29 is 4.39 Å². The van der Waals surface area contributed by atoms with Crippen LogP contribution in [-0.2, 0) is 6.42 Å². The highest BCUT2D eigenvalue weighted by atomic mass is 19.1. The van der Waals surface area contributed by atoms with Gasteiger partial charge >= 0.3 is 0 Å². The Morgan fingerprint density at radius 1 is 1.22 bits per heavy atom. The Kier molecular flexibility index (Phi) is 6.96. The Bertz CT molecular complexity index is 336. The Balaban J connectivity index is 2.47. The molecule has 0 spiro atoms. The summed E-state index contributed by atoms with van der Waals surface area (Å²) in [4.78, 5) is 0. The van der Waals surface area contributed by atoms with Crippen LogP contribution in [-0.4, -0.2) is 12.6 Å². The first-order valence-electron chi connectivity index (χ1n) is 7.10. The van der Waals surface area contributed by atoms with Crippen molar-refractivity contribution in [3.63, 3.8) is 0 Å². The van der Waals surface area contributed by atoms with E-state index in [1.807, 2.05) is 12.1 Å². The van der Waals surface area contributed by atoms with Crippen molar-refractivity contribution in [2.45, 2.75) is 52.5 Å². The zero-order valence-electron chi connectivity index (χ0n) is 11.9. The number of nitrogens with one attached hydrogen (secondary N) is 1. The van der Waals surface area contributed by atoms with E-state index in [4.69, 9.17) is 0 Å². The van der Waals surface area contributed by atoms with Gasteiger partial charge in [0.15, 0.2) is 0 Å². The number of hydrogen-bond acceptors (Lipinski definition) is 1. The molecule has 0 aliphatic heterocycles. The Hall–Kier alpha value is -0.890. The summed E-state index contributed by atoms with van der Waals surface area (Å²) in [5, 5.41) is 3.57. The molecule has 0 amide bonds. The summed E-state index contributed by atoms with van der Waals surface area (Å²) in [6.07, 6.45) is 4.14. The number of rotatable bonds is 8. The summed E-state index contributed by atoms with van der Waals surface area (Å²) in [5.74, 6) is 0.608. The average molecular weight is 251 g/mol. The normalized spacial score (nSPS) is 12.9. The van der Waals surface area contributed by atoms with Crippen molar-refractivity contribution >= 4 is 0 Å². The standard InChI is InChI=1S/C16H26FN/c1-4-11-18-15(12-13(2)3)10-9-14-7-5-6-8-16(14)17/h5-8,13,15,18H,4,9-12H2,1-3H3. The molecule has 1 aromatic rings. The Morgan fingerprint density at radius 3 is 2.56 bits per heavy atom. The lowest BCUT2D eigenvalue weighted by molar-refractivity contribution is 0.397. The van der Waals surface area contributed by atoms with Gasteiger partial charge in [-0.1, -0.05) is 39.0 Å². The summed E-state index contributed by atoms with van der Waals surface area (Å²) in [6, 6.07) is 7.60. The van der Waals surface area contributed by atoms with Gasteiger partial charge in [0.1, 0.15) is 5.82 Å². The predicted octanol–water partition coefficient (Wildman–Crippen LogP) is 4.17. The van der Waals surface area contributed by atoms with Gasteiger partial charge in [-0.15, -0.1) is 0 Å². The minimum atomic E-state index is -0.0729. The smallest absolute Gasteiger partial charge is 0.126 e. The van der Waals surface area contributed by atoms with Crippen LogP contribution in [0.2, 0.25) is 0 Å². The second-order valence-electron chi connectivity index (χ2n) is 5.41. The first-order chi connectivity index (χ1) is 8.63. The quantitative estimate of drug-likeness (QED) is 0.731. The number of aryl methyl sites for hydroxylation is 1. The molecule has 1 rings (SSSR count). The first-order valence-corrected chi connectivity index (χ1v) is 7.10. The topological polar surface area (TPSA) is 12.0 Å². The van der Waals surface area contributed by atoms with Gasteiger partial charge in [0.25, 0.3) is 0 Å². The Morgan fingerprint density at radius 2 is 1.94 bits per heavy atom. The molecule has 0 heterocycles. The highest BCUT2D eigenvalue weighted by molar-refractivity contribution is 5.17. The van der Waals surface area contributed by atoms with Gasteiger partial charge < -0.3 is 5.32 Å². The van der Waals surface area contributed by atoms with Gasteiger partial charge in [-0.3, -0.25) is 0 Å². The van der Waals surface area contributed by atoms with Crippen molar-refractivity contribution in [3.05, 3.63) is 35.6 Å². The molecule has 1 atom stereocenters. The van der Waals surface area contributed by atoms with E-state index in [2.05, 4.69) is 26.1 Å². The molecule has 1 N–H and O–H groups in total. The fourth-order valence-corrected chi connectivity index (χ4v) is 2.25. The molecule has 0 fully saturated rings. The van der Waals surface area contributed by atoms with Crippen LogP contribution in [0, 0.1) is 11.7 Å². The number of hydrogen-bond donors (Lipinski definition) is 1. The van der Waals surface area contributed by atoms with Gasteiger partial charge in [-0.2, -0.15) is 0 Å². The molecule has 0 saturated carbocycles. The van der Waals surface area contributed by atoms with E-state index in [9.17, 15) is 4.39 Å². The molecule has 0 aliphatic rings. The minimum absolute atomic E-state index is 0.0729. The van der Waals surface area contributed by atoms with Crippen molar-refractivity contribution in [2.24, 2.45) is 5.92 Å². The van der Waals surface area contributed by atoms with Gasteiger partial charge in [0.2, 0.25) is 0 Å². The molecular formula is C16H26FN. The maximum atomic E-state index is 13.5. The second-order valence-corrected chi connectivity index (χ2v) is 5.41. The lowest BCUT2D eigenvalue weighted by Gasteiger charge is -2.20. The maximum absolute atomic E-state index is 13.5. The molecule has 0 radical (unpaired) electrons. The van der Waals surface area contributed by atoms with Crippen LogP contribution in [0.5, 0.6) is 0 Å². The summed E-state index contributed by atoms with van der Waals surface area (Å²) >= 11 is 0. The van der Waals surface area contributed by atoms with Crippen LogP contribution in [0.25, 0.3) is 0 Å². The summed E-state index contributed by atoms with van der Waals surface area (Å²) in [6.45, 7) is 7.71. The minimum Gasteiger partial charge on any atom is -0.314 e. The number of halogens is 1. The van der Waals surface area contributed by atoms with E-state index in [1.54, 1.807) is 12.1 Å². The third-order valence-electron chi connectivity index (χ3n) is 3.16. The van der Waals surface area contributed by atoms with Gasteiger partial charge in [0, 0.05) is 6.04 Å². The molecule has 0 aliphatic carbocycles. The van der Waals surface area contributed by atoms with Crippen LogP contribution < -0.4 is 5.32 Å². The average Bonchev–Trinajstić information content (AvgIpc) is 2.34. The van der Waals surface area contributed by atoms with Crippen molar-refractivity contribution in [3.8, 4) is 0 Å². The van der Waals surface area contributed by atoms with Crippen LogP contribution in [0.15, 0.2) is 24.3 Å². The van der Waals surface area contributed by atoms with E-state index >= 15 is 0 Å². The zero-order valence-corrected chi connectivity index (χ0v) is 11.9. The second kappa shape index (κ2) is 8.25. The van der Waals surface area contributed by atoms with E-state index in [1.165, 1.54) is 0 Å². The zero-order chi connectivity index (χ0) is 13.4. The molecule has 18 heavy (non-hydrogen) atoms. The molecule has 0 aromatic heterocycles. The molecular weight excluding hydrogens is 225 g/mol. The summed E-state index contributed by atoms with van der Waals surface area (Å²) in [5.41, 5.74) is 0.838. The molecule has 1 nitrogen and oxygen atoms in total. The highest BCUT2D eigenvalue weighted by Crippen LogP contribution is 2.14. The fraction of sp³-hybridized carbons (Fsp3) is 0.625. The molecule has 0 bridgehead atoms. The van der Waals surface area contributed by atoms with Crippen molar-refractivity contribution in [1.82, 2.24) is 5.32 Å². The summed E-state index contributed by atoms with van der Waals surface area (Å²) < 4.78 is 13.5. The first kappa shape index (κ1) is 15.2. The molecule has 0 saturated heterocycles. The van der Waals surface area contributed by atoms with Crippen LogP contribution in [0.4, 0.5) is 4.39 Å². The van der Waals surface area contributed by atoms with Crippen molar-refractivity contribution in [1.29, 1.82) is 0 Å². The van der Waals surface area contributed by atoms with Crippen molar-refractivity contribution in [2.75, 3.05) is 6.54 Å². The molecule has 2 heteroatoms. The Labute approximate surface area is 111 Å². The van der Waals surface area contributed by atoms with Gasteiger partial charge in [0.05, 0.1) is 0 Å². The van der Waals surface area contributed by atoms with Crippen LogP contribution in [0.1, 0.15) is 45.6 Å². The predicted molar refractivity (Wildman–Crippen MR) is 76.3 cm³/mol. The maximum Gasteiger partial charge on any atom is 0.126 e. The monoisotopic (exact) mass is 251 g/mol. The number of benzene rings is 1. The SMILES string of the molecule is CCCNC(CCc1ccccc1F)CC(C)C. The van der Waals surface area contributed by atoms with Gasteiger partial charge in [-0.05, 0) is 49.8 Å². The van der Waals surface area contributed by atoms with E-state index in [0.717, 1.165) is 37.8 Å². The third-order valence-corrected chi connectivity index (χ3v) is 3.16. The van der Waals surface area contributed by atoms with Crippen LogP contribution in [0.3, 0.4) is 0 Å².